The van der Waals surface area contributed by atoms with Gasteiger partial charge in [0.05, 0.1) is 42.5 Å². The summed E-state index contributed by atoms with van der Waals surface area (Å²) in [5.41, 5.74) is 2.15. The van der Waals surface area contributed by atoms with Gasteiger partial charge < -0.3 is 9.64 Å². The lowest BCUT2D eigenvalue weighted by molar-refractivity contribution is -0.0117. The predicted molar refractivity (Wildman–Crippen MR) is 128 cm³/mol. The van der Waals surface area contributed by atoms with Crippen LogP contribution in [0.1, 0.15) is 31.7 Å². The van der Waals surface area contributed by atoms with E-state index in [0.29, 0.717) is 11.5 Å². The van der Waals surface area contributed by atoms with E-state index in [4.69, 9.17) is 4.74 Å². The number of morpholine rings is 1. The first-order valence-electron chi connectivity index (χ1n) is 12.4. The first-order valence-corrected chi connectivity index (χ1v) is 12.4. The van der Waals surface area contributed by atoms with Crippen molar-refractivity contribution in [2.75, 3.05) is 44.3 Å². The number of hydrogen-bond acceptors (Lipinski definition) is 7. The first-order chi connectivity index (χ1) is 16.6. The van der Waals surface area contributed by atoms with Crippen LogP contribution in [0.2, 0.25) is 0 Å². The maximum atomic E-state index is 10.1. The SMILES string of the molecule is C[C@H]1CC12CC(C#N)(c1ccc3cnn(-c4cc(N5CCN6CCOC[C@@H]6C5)ncn4)c3c1)C2. The highest BCUT2D eigenvalue weighted by atomic mass is 16.5. The van der Waals surface area contributed by atoms with E-state index in [1.807, 2.05) is 16.9 Å². The van der Waals surface area contributed by atoms with Gasteiger partial charge in [-0.3, -0.25) is 4.90 Å². The fourth-order valence-corrected chi connectivity index (χ4v) is 6.62. The molecule has 2 aliphatic carbocycles. The third kappa shape index (κ3) is 3.00. The fraction of sp³-hybridized carbons (Fsp3) is 0.538. The molecule has 1 spiro atoms. The third-order valence-electron chi connectivity index (χ3n) is 8.86. The summed E-state index contributed by atoms with van der Waals surface area (Å²) in [5, 5.41) is 15.8. The molecule has 4 heterocycles. The zero-order valence-corrected chi connectivity index (χ0v) is 19.5. The molecule has 2 saturated heterocycles. The van der Waals surface area contributed by atoms with Crippen LogP contribution in [0.5, 0.6) is 0 Å². The highest BCUT2D eigenvalue weighted by molar-refractivity contribution is 5.81. The molecule has 2 saturated carbocycles. The van der Waals surface area contributed by atoms with Crippen molar-refractivity contribution in [2.24, 2.45) is 11.3 Å². The highest BCUT2D eigenvalue weighted by Crippen LogP contribution is 2.72. The average molecular weight is 456 g/mol. The zero-order valence-electron chi connectivity index (χ0n) is 19.5. The summed E-state index contributed by atoms with van der Waals surface area (Å²) in [6.07, 6.45) is 6.73. The number of aromatic nitrogens is 4. The van der Waals surface area contributed by atoms with Gasteiger partial charge in [-0.25, -0.2) is 14.6 Å². The van der Waals surface area contributed by atoms with Crippen LogP contribution in [0.25, 0.3) is 16.7 Å². The van der Waals surface area contributed by atoms with E-state index in [2.05, 4.69) is 56.1 Å². The second-order valence-corrected chi connectivity index (χ2v) is 10.8. The second kappa shape index (κ2) is 7.24. The molecular formula is C26H29N7O. The Labute approximate surface area is 199 Å². The van der Waals surface area contributed by atoms with Gasteiger partial charge in [-0.05, 0) is 42.2 Å². The number of rotatable bonds is 3. The Morgan fingerprint density at radius 3 is 2.79 bits per heavy atom. The van der Waals surface area contributed by atoms with Crippen molar-refractivity contribution in [3.8, 4) is 11.9 Å². The number of nitrogens with zero attached hydrogens (tertiary/aromatic N) is 7. The minimum atomic E-state index is -0.368. The highest BCUT2D eigenvalue weighted by Gasteiger charge is 2.66. The van der Waals surface area contributed by atoms with E-state index < -0.39 is 0 Å². The molecule has 0 radical (unpaired) electrons. The van der Waals surface area contributed by atoms with E-state index in [-0.39, 0.29) is 5.41 Å². The number of ether oxygens (including phenoxy) is 1. The van der Waals surface area contributed by atoms with E-state index >= 15 is 0 Å². The Balaban J connectivity index is 1.20. The molecule has 0 unspecified atom stereocenters. The summed E-state index contributed by atoms with van der Waals surface area (Å²) < 4.78 is 7.59. The standard InChI is InChI=1S/C26H29N7O/c1-18-10-25(18)14-26(15-25,16-27)20-3-2-19-11-30-33(22(19)8-20)24-9-23(28-17-29-24)32-5-4-31-6-7-34-13-21(31)12-32/h2-3,8-9,11,17-18,21H,4-7,10,12-15H2,1H3/t18-,21-,25?,26?/m0/s1. The van der Waals surface area contributed by atoms with Crippen molar-refractivity contribution in [1.29, 1.82) is 5.26 Å². The molecule has 0 N–H and O–H groups in total. The van der Waals surface area contributed by atoms with Gasteiger partial charge >= 0.3 is 0 Å². The Morgan fingerprint density at radius 2 is 1.97 bits per heavy atom. The Hall–Kier alpha value is -3.02. The molecule has 2 atom stereocenters. The Morgan fingerprint density at radius 1 is 1.12 bits per heavy atom. The summed E-state index contributed by atoms with van der Waals surface area (Å²) in [7, 11) is 0. The normalized spacial score (nSPS) is 32.9. The molecule has 1 aromatic carbocycles. The molecule has 2 aromatic heterocycles. The largest absolute Gasteiger partial charge is 0.378 e. The van der Waals surface area contributed by atoms with Gasteiger partial charge in [-0.2, -0.15) is 10.4 Å². The van der Waals surface area contributed by atoms with Crippen LogP contribution in [0.3, 0.4) is 0 Å². The number of hydrogen-bond donors (Lipinski definition) is 0. The molecule has 8 heteroatoms. The van der Waals surface area contributed by atoms with E-state index in [1.54, 1.807) is 6.33 Å². The molecule has 0 bridgehead atoms. The van der Waals surface area contributed by atoms with Crippen molar-refractivity contribution in [1.82, 2.24) is 24.6 Å². The van der Waals surface area contributed by atoms with E-state index in [9.17, 15) is 5.26 Å². The minimum Gasteiger partial charge on any atom is -0.378 e. The van der Waals surface area contributed by atoms with Crippen LogP contribution in [0.4, 0.5) is 5.82 Å². The average Bonchev–Trinajstić information content (AvgIpc) is 3.33. The lowest BCUT2D eigenvalue weighted by Crippen LogP contribution is -2.58. The van der Waals surface area contributed by atoms with Gasteiger partial charge in [0.2, 0.25) is 0 Å². The van der Waals surface area contributed by atoms with Crippen molar-refractivity contribution < 1.29 is 4.74 Å². The van der Waals surface area contributed by atoms with Gasteiger partial charge in [-0.1, -0.05) is 19.1 Å². The van der Waals surface area contributed by atoms with Crippen molar-refractivity contribution in [2.45, 2.75) is 37.6 Å². The van der Waals surface area contributed by atoms with Crippen LogP contribution in [-0.4, -0.2) is 70.1 Å². The van der Waals surface area contributed by atoms with E-state index in [0.717, 1.165) is 86.3 Å². The lowest BCUT2D eigenvalue weighted by Gasteiger charge is -2.44. The van der Waals surface area contributed by atoms with Gasteiger partial charge in [0.25, 0.3) is 0 Å². The maximum Gasteiger partial charge on any atom is 0.159 e. The Kier molecular flexibility index (Phi) is 4.33. The number of anilines is 1. The van der Waals surface area contributed by atoms with Crippen molar-refractivity contribution in [3.63, 3.8) is 0 Å². The molecule has 174 valence electrons. The third-order valence-corrected chi connectivity index (χ3v) is 8.86. The number of fused-ring (bicyclic) bond motifs is 2. The molecule has 0 amide bonds. The van der Waals surface area contributed by atoms with Gasteiger partial charge in [-0.15, -0.1) is 0 Å². The molecular weight excluding hydrogens is 426 g/mol. The maximum absolute atomic E-state index is 10.1. The number of benzene rings is 1. The summed E-state index contributed by atoms with van der Waals surface area (Å²) in [5.74, 6) is 2.43. The first kappa shape index (κ1) is 20.4. The zero-order chi connectivity index (χ0) is 22.9. The van der Waals surface area contributed by atoms with Gasteiger partial charge in [0.1, 0.15) is 12.1 Å². The molecule has 4 fully saturated rings. The molecule has 34 heavy (non-hydrogen) atoms. The second-order valence-electron chi connectivity index (χ2n) is 10.8. The summed E-state index contributed by atoms with van der Waals surface area (Å²) in [4.78, 5) is 14.0. The van der Waals surface area contributed by atoms with Crippen LogP contribution < -0.4 is 4.90 Å². The van der Waals surface area contributed by atoms with Crippen molar-refractivity contribution >= 4 is 16.7 Å². The van der Waals surface area contributed by atoms with E-state index in [1.165, 1.54) is 6.42 Å². The lowest BCUT2D eigenvalue weighted by atomic mass is 9.56. The summed E-state index contributed by atoms with van der Waals surface area (Å²) in [6.45, 7) is 7.81. The number of piperazine rings is 1. The van der Waals surface area contributed by atoms with Crippen LogP contribution in [0.15, 0.2) is 36.8 Å². The fourth-order valence-electron chi connectivity index (χ4n) is 6.62. The quantitative estimate of drug-likeness (QED) is 0.600. The van der Waals surface area contributed by atoms with Crippen LogP contribution >= 0.6 is 0 Å². The topological polar surface area (TPSA) is 83.1 Å². The van der Waals surface area contributed by atoms with Crippen molar-refractivity contribution in [3.05, 3.63) is 42.4 Å². The Bertz CT molecular complexity index is 1300. The smallest absolute Gasteiger partial charge is 0.159 e. The molecule has 3 aromatic rings. The molecule has 2 aliphatic heterocycles. The number of nitriles is 1. The van der Waals surface area contributed by atoms with Crippen LogP contribution in [0, 0.1) is 22.7 Å². The summed E-state index contributed by atoms with van der Waals surface area (Å²) in [6, 6.07) is 11.5. The molecule has 4 aliphatic rings. The van der Waals surface area contributed by atoms with Gasteiger partial charge in [0.15, 0.2) is 5.82 Å². The molecule has 7 rings (SSSR count). The molecule has 8 nitrogen and oxygen atoms in total. The predicted octanol–water partition coefficient (Wildman–Crippen LogP) is 2.92. The van der Waals surface area contributed by atoms with Crippen LogP contribution in [-0.2, 0) is 10.2 Å². The summed E-state index contributed by atoms with van der Waals surface area (Å²) >= 11 is 0. The van der Waals surface area contributed by atoms with Gasteiger partial charge in [0, 0.05) is 37.6 Å². The monoisotopic (exact) mass is 455 g/mol. The minimum absolute atomic E-state index is 0.368.